The van der Waals surface area contributed by atoms with Gasteiger partial charge in [0.05, 0.1) is 0 Å². The molecule has 172 valence electrons. The Morgan fingerprint density at radius 1 is 0.971 bits per heavy atom. The van der Waals surface area contributed by atoms with Gasteiger partial charge < -0.3 is 9.15 Å². The second-order valence-corrected chi connectivity index (χ2v) is 9.47. The number of fused-ring (bicyclic) bond motifs is 3. The summed E-state index contributed by atoms with van der Waals surface area (Å²) in [5, 5.41) is 0.928. The largest absolute Gasteiger partial charge is 0.425 e. The molecule has 0 saturated heterocycles. The molecule has 0 bridgehead atoms. The summed E-state index contributed by atoms with van der Waals surface area (Å²) in [6.07, 6.45) is 2.58. The van der Waals surface area contributed by atoms with Crippen LogP contribution in [-0.2, 0) is 17.6 Å². The van der Waals surface area contributed by atoms with Crippen LogP contribution >= 0.6 is 11.9 Å². The first-order valence-electron chi connectivity index (χ1n) is 11.3. The third kappa shape index (κ3) is 4.39. The first-order valence-corrected chi connectivity index (χ1v) is 12.2. The molecule has 0 aliphatic heterocycles. The Kier molecular flexibility index (Phi) is 6.26. The lowest BCUT2D eigenvalue weighted by Gasteiger charge is -2.18. The van der Waals surface area contributed by atoms with E-state index in [1.807, 2.05) is 74.5 Å². The van der Waals surface area contributed by atoms with Gasteiger partial charge in [-0.2, -0.15) is 0 Å². The molecule has 0 fully saturated rings. The molecule has 0 spiro atoms. The highest BCUT2D eigenvalue weighted by Crippen LogP contribution is 2.34. The van der Waals surface area contributed by atoms with Gasteiger partial charge in [0, 0.05) is 21.4 Å². The Morgan fingerprint density at radius 3 is 2.47 bits per heavy atom. The molecular weight excluding hydrogens is 446 g/mol. The van der Waals surface area contributed by atoms with Crippen molar-refractivity contribution in [3.63, 3.8) is 0 Å². The highest BCUT2D eigenvalue weighted by molar-refractivity contribution is 7.97. The van der Waals surface area contributed by atoms with Crippen LogP contribution in [0, 0.1) is 13.8 Å². The molecule has 1 unspecified atom stereocenters. The fourth-order valence-electron chi connectivity index (χ4n) is 4.37. The predicted molar refractivity (Wildman–Crippen MR) is 134 cm³/mol. The van der Waals surface area contributed by atoms with Crippen molar-refractivity contribution < 1.29 is 13.9 Å². The fraction of sp³-hybridized carbons (Fsp3) is 0.214. The van der Waals surface area contributed by atoms with Crippen molar-refractivity contribution in [3.8, 4) is 5.75 Å². The van der Waals surface area contributed by atoms with E-state index in [0.29, 0.717) is 16.9 Å². The number of aryl methyl sites for hydroxylation is 3. The fourth-order valence-corrected chi connectivity index (χ4v) is 5.13. The zero-order chi connectivity index (χ0) is 23.7. The molecule has 3 aromatic carbocycles. The first-order chi connectivity index (χ1) is 16.5. The van der Waals surface area contributed by atoms with Crippen molar-refractivity contribution in [2.24, 2.45) is 0 Å². The minimum atomic E-state index is -0.686. The summed E-state index contributed by atoms with van der Waals surface area (Å²) >= 11 is 1.38. The van der Waals surface area contributed by atoms with Crippen LogP contribution in [0.5, 0.6) is 5.75 Å². The van der Waals surface area contributed by atoms with E-state index in [4.69, 9.17) is 9.15 Å². The van der Waals surface area contributed by atoms with Crippen molar-refractivity contribution >= 4 is 28.9 Å². The summed E-state index contributed by atoms with van der Waals surface area (Å²) in [6.45, 7) is 3.86. The monoisotopic (exact) mass is 471 g/mol. The van der Waals surface area contributed by atoms with Gasteiger partial charge in [-0.05, 0) is 80.5 Å². The second-order valence-electron chi connectivity index (χ2n) is 8.56. The lowest BCUT2D eigenvalue weighted by Crippen LogP contribution is -2.28. The second kappa shape index (κ2) is 9.49. The lowest BCUT2D eigenvalue weighted by atomic mass is 10.0. The van der Waals surface area contributed by atoms with Gasteiger partial charge in [0.25, 0.3) is 0 Å². The van der Waals surface area contributed by atoms with E-state index < -0.39 is 12.0 Å². The molecule has 0 amide bonds. The maximum atomic E-state index is 13.3. The van der Waals surface area contributed by atoms with Gasteiger partial charge in [0.1, 0.15) is 17.4 Å². The van der Waals surface area contributed by atoms with E-state index in [1.165, 1.54) is 17.5 Å². The van der Waals surface area contributed by atoms with Crippen LogP contribution in [0.2, 0.25) is 0 Å². The van der Waals surface area contributed by atoms with Crippen LogP contribution in [0.4, 0.5) is 0 Å². The number of hydrogen-bond acceptors (Lipinski definition) is 6. The summed E-state index contributed by atoms with van der Waals surface area (Å²) in [5.74, 6) is -0.0431. The Labute approximate surface area is 202 Å². The van der Waals surface area contributed by atoms with Crippen LogP contribution in [0.1, 0.15) is 40.3 Å². The average Bonchev–Trinajstić information content (AvgIpc) is 3.34. The summed E-state index contributed by atoms with van der Waals surface area (Å²) in [7, 11) is 0. The summed E-state index contributed by atoms with van der Waals surface area (Å²) < 4.78 is 14.8. The molecule has 0 saturated carbocycles. The minimum Gasteiger partial charge on any atom is -0.425 e. The predicted octanol–water partition coefficient (Wildman–Crippen LogP) is 5.84. The first kappa shape index (κ1) is 22.4. The number of carbonyl (C=O) groups excluding carboxylic acids is 1. The van der Waals surface area contributed by atoms with Crippen LogP contribution in [0.3, 0.4) is 0 Å². The Balaban J connectivity index is 1.43. The van der Waals surface area contributed by atoms with Gasteiger partial charge in [-0.1, -0.05) is 48.0 Å². The van der Waals surface area contributed by atoms with Crippen LogP contribution in [0.15, 0.2) is 80.8 Å². The highest BCUT2D eigenvalue weighted by Gasteiger charge is 2.25. The van der Waals surface area contributed by atoms with E-state index in [0.717, 1.165) is 46.2 Å². The molecule has 1 N–H and O–H groups in total. The van der Waals surface area contributed by atoms with Crippen molar-refractivity contribution in [1.29, 1.82) is 0 Å². The van der Waals surface area contributed by atoms with Gasteiger partial charge in [-0.3, -0.25) is 0 Å². The Bertz CT molecular complexity index is 1410. The molecular formula is C28H25NO4S. The third-order valence-corrected chi connectivity index (χ3v) is 7.10. The van der Waals surface area contributed by atoms with E-state index in [-0.39, 0.29) is 5.63 Å². The number of ether oxygens (including phenoxy) is 1. The van der Waals surface area contributed by atoms with Crippen LogP contribution in [0.25, 0.3) is 11.0 Å². The number of rotatable bonds is 6. The molecule has 0 radical (unpaired) electrons. The number of nitrogens with one attached hydrogen (secondary N) is 1. The normalized spacial score (nSPS) is 13.6. The van der Waals surface area contributed by atoms with Gasteiger partial charge in [-0.15, -0.1) is 0 Å². The highest BCUT2D eigenvalue weighted by atomic mass is 32.2. The minimum absolute atomic E-state index is 0.287. The molecule has 1 heterocycles. The number of carbonyl (C=O) groups is 1. The number of esters is 1. The zero-order valence-corrected chi connectivity index (χ0v) is 19.9. The molecule has 1 aromatic heterocycles. The molecule has 1 atom stereocenters. The van der Waals surface area contributed by atoms with Crippen molar-refractivity contribution in [2.75, 3.05) is 0 Å². The van der Waals surface area contributed by atoms with Gasteiger partial charge in [0.15, 0.2) is 0 Å². The van der Waals surface area contributed by atoms with Crippen LogP contribution in [-0.4, -0.2) is 5.97 Å². The van der Waals surface area contributed by atoms with E-state index in [2.05, 4.69) is 4.72 Å². The third-order valence-electron chi connectivity index (χ3n) is 6.24. The standard InChI is InChI=1S/C28H25NO4S/c1-17-11-13-20(14-12-17)34-29-25(19-7-4-3-5-8-19)28(31)32-24-16-15-22-21-9-6-10-23(21)27(30)33-26(22)18(24)2/h3-5,7-8,11-16,25,29H,6,9-10H2,1-2H3. The lowest BCUT2D eigenvalue weighted by molar-refractivity contribution is -0.136. The molecule has 1 aliphatic rings. The maximum Gasteiger partial charge on any atom is 0.339 e. The number of benzene rings is 3. The van der Waals surface area contributed by atoms with E-state index >= 15 is 0 Å². The van der Waals surface area contributed by atoms with E-state index in [9.17, 15) is 9.59 Å². The van der Waals surface area contributed by atoms with Crippen molar-refractivity contribution in [3.05, 3.63) is 105 Å². The molecule has 4 aromatic rings. The summed E-state index contributed by atoms with van der Waals surface area (Å²) in [5.41, 5.74) is 4.67. The smallest absolute Gasteiger partial charge is 0.339 e. The SMILES string of the molecule is Cc1ccc(SNC(C(=O)Oc2ccc3c4c(c(=O)oc3c2C)CCC4)c2ccccc2)cc1. The molecule has 5 rings (SSSR count). The van der Waals surface area contributed by atoms with Crippen LogP contribution < -0.4 is 15.1 Å². The van der Waals surface area contributed by atoms with Crippen molar-refractivity contribution in [1.82, 2.24) is 4.72 Å². The molecule has 5 nitrogen and oxygen atoms in total. The Hall–Kier alpha value is -3.35. The quantitative estimate of drug-likeness (QED) is 0.165. The van der Waals surface area contributed by atoms with E-state index in [1.54, 1.807) is 6.07 Å². The molecule has 34 heavy (non-hydrogen) atoms. The average molecular weight is 472 g/mol. The summed E-state index contributed by atoms with van der Waals surface area (Å²) in [6, 6.07) is 20.6. The number of hydrogen-bond donors (Lipinski definition) is 1. The topological polar surface area (TPSA) is 68.5 Å². The maximum absolute atomic E-state index is 13.3. The molecule has 1 aliphatic carbocycles. The molecule has 6 heteroatoms. The van der Waals surface area contributed by atoms with Gasteiger partial charge in [0.2, 0.25) is 0 Å². The van der Waals surface area contributed by atoms with Gasteiger partial charge in [-0.25, -0.2) is 14.3 Å². The van der Waals surface area contributed by atoms with Crippen molar-refractivity contribution in [2.45, 2.75) is 44.0 Å². The zero-order valence-electron chi connectivity index (χ0n) is 19.1. The Morgan fingerprint density at radius 2 is 1.71 bits per heavy atom. The summed E-state index contributed by atoms with van der Waals surface area (Å²) in [4.78, 5) is 26.8. The van der Waals surface area contributed by atoms with Gasteiger partial charge >= 0.3 is 11.6 Å².